The first-order valence-electron chi connectivity index (χ1n) is 9.11. The number of benzene rings is 2. The van der Waals surface area contributed by atoms with Crippen LogP contribution in [-0.2, 0) is 4.79 Å². The minimum Gasteiger partial charge on any atom is -0.349 e. The van der Waals surface area contributed by atoms with Crippen molar-refractivity contribution in [1.82, 2.24) is 5.32 Å². The monoisotopic (exact) mass is 365 g/mol. The van der Waals surface area contributed by atoms with E-state index in [2.05, 4.69) is 16.0 Å². The largest absolute Gasteiger partial charge is 0.349 e. The fourth-order valence-electron chi connectivity index (χ4n) is 3.19. The molecule has 0 radical (unpaired) electrons. The Hall–Kier alpha value is -3.15. The zero-order valence-electron chi connectivity index (χ0n) is 15.2. The molecule has 2 aromatic carbocycles. The van der Waals surface area contributed by atoms with Gasteiger partial charge in [-0.15, -0.1) is 0 Å². The maximum atomic E-state index is 12.4. The summed E-state index contributed by atoms with van der Waals surface area (Å²) in [6.07, 6.45) is 4.38. The summed E-state index contributed by atoms with van der Waals surface area (Å²) in [7, 11) is 0. The zero-order valence-corrected chi connectivity index (χ0v) is 15.2. The number of hydrogen-bond donors (Lipinski definition) is 3. The summed E-state index contributed by atoms with van der Waals surface area (Å²) < 4.78 is 0. The van der Waals surface area contributed by atoms with Crippen molar-refractivity contribution in [3.8, 4) is 0 Å². The minimum atomic E-state index is -0.280. The highest BCUT2D eigenvalue weighted by Crippen LogP contribution is 2.19. The molecule has 2 aromatic rings. The van der Waals surface area contributed by atoms with E-state index in [1.807, 2.05) is 0 Å². The summed E-state index contributed by atoms with van der Waals surface area (Å²) in [6.45, 7) is 1.43. The summed E-state index contributed by atoms with van der Waals surface area (Å²) in [5.41, 5.74) is 2.19. The lowest BCUT2D eigenvalue weighted by Crippen LogP contribution is -2.32. The normalized spacial score (nSPS) is 13.8. The number of carbonyl (C=O) groups is 3. The number of rotatable bonds is 5. The molecular formula is C21H23N3O3. The van der Waals surface area contributed by atoms with Gasteiger partial charge in [-0.3, -0.25) is 14.4 Å². The van der Waals surface area contributed by atoms with Gasteiger partial charge in [-0.1, -0.05) is 18.9 Å². The Morgan fingerprint density at radius 2 is 1.37 bits per heavy atom. The van der Waals surface area contributed by atoms with Gasteiger partial charge in [-0.2, -0.15) is 0 Å². The molecule has 1 fully saturated rings. The molecule has 0 aromatic heterocycles. The van der Waals surface area contributed by atoms with Crippen molar-refractivity contribution >= 4 is 29.1 Å². The Bertz CT molecular complexity index is 840. The molecule has 0 saturated heterocycles. The molecule has 27 heavy (non-hydrogen) atoms. The molecule has 0 heterocycles. The zero-order chi connectivity index (χ0) is 19.2. The van der Waals surface area contributed by atoms with Crippen molar-refractivity contribution in [2.75, 3.05) is 10.6 Å². The molecule has 0 atom stereocenters. The molecule has 0 spiro atoms. The SMILES string of the molecule is CC(=O)Nc1cccc(NC(=O)c2ccc(C(=O)NC3CCCC3)cc2)c1. The van der Waals surface area contributed by atoms with Crippen LogP contribution in [0, 0.1) is 0 Å². The van der Waals surface area contributed by atoms with E-state index in [9.17, 15) is 14.4 Å². The summed E-state index contributed by atoms with van der Waals surface area (Å²) >= 11 is 0. The van der Waals surface area contributed by atoms with Crippen LogP contribution >= 0.6 is 0 Å². The number of amides is 3. The van der Waals surface area contributed by atoms with E-state index in [1.165, 1.54) is 6.92 Å². The maximum Gasteiger partial charge on any atom is 0.255 e. The van der Waals surface area contributed by atoms with Crippen LogP contribution in [0.25, 0.3) is 0 Å². The fourth-order valence-corrected chi connectivity index (χ4v) is 3.19. The van der Waals surface area contributed by atoms with Crippen molar-refractivity contribution in [3.05, 3.63) is 59.7 Å². The van der Waals surface area contributed by atoms with E-state index in [1.54, 1.807) is 48.5 Å². The third-order valence-electron chi connectivity index (χ3n) is 4.54. The molecule has 3 amide bonds. The van der Waals surface area contributed by atoms with E-state index in [4.69, 9.17) is 0 Å². The van der Waals surface area contributed by atoms with E-state index >= 15 is 0 Å². The third kappa shape index (κ3) is 5.17. The second kappa shape index (κ2) is 8.49. The van der Waals surface area contributed by atoms with Gasteiger partial charge in [0, 0.05) is 35.5 Å². The molecule has 1 saturated carbocycles. The van der Waals surface area contributed by atoms with Gasteiger partial charge < -0.3 is 16.0 Å². The number of carbonyl (C=O) groups excluding carboxylic acids is 3. The number of hydrogen-bond acceptors (Lipinski definition) is 3. The van der Waals surface area contributed by atoms with Gasteiger partial charge in [0.05, 0.1) is 0 Å². The molecule has 0 aliphatic heterocycles. The molecule has 0 bridgehead atoms. The lowest BCUT2D eigenvalue weighted by atomic mass is 10.1. The Labute approximate surface area is 158 Å². The van der Waals surface area contributed by atoms with Crippen LogP contribution < -0.4 is 16.0 Å². The van der Waals surface area contributed by atoms with Gasteiger partial charge in [0.15, 0.2) is 0 Å². The van der Waals surface area contributed by atoms with Crippen LogP contribution in [0.3, 0.4) is 0 Å². The first-order chi connectivity index (χ1) is 13.0. The lowest BCUT2D eigenvalue weighted by molar-refractivity contribution is -0.114. The molecular weight excluding hydrogens is 342 g/mol. The first-order valence-corrected chi connectivity index (χ1v) is 9.11. The second-order valence-corrected chi connectivity index (χ2v) is 6.75. The smallest absolute Gasteiger partial charge is 0.255 e. The Morgan fingerprint density at radius 3 is 1.96 bits per heavy atom. The molecule has 1 aliphatic carbocycles. The third-order valence-corrected chi connectivity index (χ3v) is 4.54. The molecule has 3 rings (SSSR count). The van der Waals surface area contributed by atoms with Crippen LogP contribution in [-0.4, -0.2) is 23.8 Å². The fraction of sp³-hybridized carbons (Fsp3) is 0.286. The van der Waals surface area contributed by atoms with Gasteiger partial charge in [-0.25, -0.2) is 0 Å². The highest BCUT2D eigenvalue weighted by Gasteiger charge is 2.18. The maximum absolute atomic E-state index is 12.4. The molecule has 6 nitrogen and oxygen atoms in total. The molecule has 6 heteroatoms. The summed E-state index contributed by atoms with van der Waals surface area (Å²) in [6, 6.07) is 13.8. The van der Waals surface area contributed by atoms with Crippen molar-refractivity contribution in [2.45, 2.75) is 38.6 Å². The second-order valence-electron chi connectivity index (χ2n) is 6.75. The van der Waals surface area contributed by atoms with Crippen LogP contribution in [0.15, 0.2) is 48.5 Å². The highest BCUT2D eigenvalue weighted by molar-refractivity contribution is 6.05. The molecule has 0 unspecified atom stereocenters. The summed E-state index contributed by atoms with van der Waals surface area (Å²) in [5, 5.41) is 8.49. The Kier molecular flexibility index (Phi) is 5.86. The van der Waals surface area contributed by atoms with Crippen molar-refractivity contribution in [3.63, 3.8) is 0 Å². The van der Waals surface area contributed by atoms with E-state index in [0.717, 1.165) is 25.7 Å². The number of nitrogens with one attached hydrogen (secondary N) is 3. The minimum absolute atomic E-state index is 0.100. The topological polar surface area (TPSA) is 87.3 Å². The quantitative estimate of drug-likeness (QED) is 0.757. The Morgan fingerprint density at radius 1 is 0.815 bits per heavy atom. The van der Waals surface area contributed by atoms with Gasteiger partial charge in [0.2, 0.25) is 5.91 Å². The van der Waals surface area contributed by atoms with Crippen LogP contribution in [0.4, 0.5) is 11.4 Å². The van der Waals surface area contributed by atoms with Crippen molar-refractivity contribution in [2.24, 2.45) is 0 Å². The average Bonchev–Trinajstić information content (AvgIpc) is 3.14. The number of anilines is 2. The van der Waals surface area contributed by atoms with Gasteiger partial charge >= 0.3 is 0 Å². The lowest BCUT2D eigenvalue weighted by Gasteiger charge is -2.12. The van der Waals surface area contributed by atoms with E-state index in [0.29, 0.717) is 22.5 Å². The predicted molar refractivity (Wildman–Crippen MR) is 105 cm³/mol. The molecule has 140 valence electrons. The molecule has 1 aliphatic rings. The van der Waals surface area contributed by atoms with Crippen LogP contribution in [0.1, 0.15) is 53.3 Å². The Balaban J connectivity index is 1.62. The average molecular weight is 365 g/mol. The van der Waals surface area contributed by atoms with Gasteiger partial charge in [0.1, 0.15) is 0 Å². The summed E-state index contributed by atoms with van der Waals surface area (Å²) in [4.78, 5) is 35.8. The van der Waals surface area contributed by atoms with Gasteiger partial charge in [-0.05, 0) is 55.3 Å². The predicted octanol–water partition coefficient (Wildman–Crippen LogP) is 3.57. The van der Waals surface area contributed by atoms with Crippen LogP contribution in [0.5, 0.6) is 0 Å². The van der Waals surface area contributed by atoms with Crippen molar-refractivity contribution in [1.29, 1.82) is 0 Å². The van der Waals surface area contributed by atoms with Crippen molar-refractivity contribution < 1.29 is 14.4 Å². The highest BCUT2D eigenvalue weighted by atomic mass is 16.2. The van der Waals surface area contributed by atoms with E-state index in [-0.39, 0.29) is 23.8 Å². The van der Waals surface area contributed by atoms with Crippen LogP contribution in [0.2, 0.25) is 0 Å². The van der Waals surface area contributed by atoms with Gasteiger partial charge in [0.25, 0.3) is 11.8 Å². The van der Waals surface area contributed by atoms with E-state index < -0.39 is 0 Å². The molecule has 3 N–H and O–H groups in total. The standard InChI is InChI=1S/C21H23N3O3/c1-14(25)22-18-7-4-8-19(13-18)24-21(27)16-11-9-15(10-12-16)20(26)23-17-5-2-3-6-17/h4,7-13,17H,2-3,5-6H2,1H3,(H,22,25)(H,23,26)(H,24,27). The summed E-state index contributed by atoms with van der Waals surface area (Å²) in [5.74, 6) is -0.556. The first kappa shape index (κ1) is 18.6.